The summed E-state index contributed by atoms with van der Waals surface area (Å²) < 4.78 is 11.3. The molecule has 2 amide bonds. The van der Waals surface area contributed by atoms with E-state index in [9.17, 15) is 9.59 Å². The van der Waals surface area contributed by atoms with Gasteiger partial charge in [-0.05, 0) is 48.9 Å². The maximum absolute atomic E-state index is 13.0. The number of rotatable bonds is 9. The van der Waals surface area contributed by atoms with E-state index in [2.05, 4.69) is 19.2 Å². The topological polar surface area (TPSA) is 67.9 Å². The molecule has 1 aliphatic heterocycles. The van der Waals surface area contributed by atoms with Crippen molar-refractivity contribution in [2.75, 3.05) is 26.8 Å². The number of carbonyl (C=O) groups excluding carboxylic acids is 2. The third-order valence-corrected chi connectivity index (χ3v) is 5.96. The minimum absolute atomic E-state index is 0.0150. The van der Waals surface area contributed by atoms with Crippen LogP contribution in [0, 0.1) is 11.8 Å². The largest absolute Gasteiger partial charge is 0.493 e. The Labute approximate surface area is 197 Å². The predicted molar refractivity (Wildman–Crippen MR) is 129 cm³/mol. The number of likely N-dealkylation sites (tertiary alicyclic amines) is 1. The van der Waals surface area contributed by atoms with E-state index in [4.69, 9.17) is 9.47 Å². The number of carbonyl (C=O) groups is 2. The second-order valence-electron chi connectivity index (χ2n) is 9.19. The smallest absolute Gasteiger partial charge is 0.227 e. The third-order valence-electron chi connectivity index (χ3n) is 5.96. The zero-order valence-corrected chi connectivity index (χ0v) is 20.2. The van der Waals surface area contributed by atoms with Gasteiger partial charge >= 0.3 is 0 Å². The van der Waals surface area contributed by atoms with Crippen molar-refractivity contribution in [3.05, 3.63) is 59.7 Å². The highest BCUT2D eigenvalue weighted by Gasteiger charge is 2.29. The van der Waals surface area contributed by atoms with Crippen molar-refractivity contribution in [1.29, 1.82) is 0 Å². The highest BCUT2D eigenvalue weighted by molar-refractivity contribution is 5.82. The number of benzene rings is 2. The first-order chi connectivity index (χ1) is 15.9. The van der Waals surface area contributed by atoms with Crippen LogP contribution in [0.5, 0.6) is 11.5 Å². The van der Waals surface area contributed by atoms with E-state index < -0.39 is 0 Å². The van der Waals surface area contributed by atoms with Crippen LogP contribution in [0.3, 0.4) is 0 Å². The van der Waals surface area contributed by atoms with Gasteiger partial charge in [-0.1, -0.05) is 50.2 Å². The number of amides is 2. The minimum atomic E-state index is -0.198. The molecule has 2 aromatic rings. The fourth-order valence-corrected chi connectivity index (χ4v) is 4.04. The second-order valence-corrected chi connectivity index (χ2v) is 9.19. The fraction of sp³-hybridized carbons (Fsp3) is 0.481. The Morgan fingerprint density at radius 2 is 1.85 bits per heavy atom. The molecule has 0 spiro atoms. The van der Waals surface area contributed by atoms with Crippen molar-refractivity contribution in [2.45, 2.75) is 46.1 Å². The number of hydrogen-bond acceptors (Lipinski definition) is 4. The minimum Gasteiger partial charge on any atom is -0.493 e. The van der Waals surface area contributed by atoms with Crippen LogP contribution >= 0.6 is 0 Å². The SMILES string of the molecule is COc1cc(C(C)NC(=O)C2CCCN(C(=O)Cc3ccccc3)C2)ccc1OCC(C)C. The van der Waals surface area contributed by atoms with E-state index >= 15 is 0 Å². The Morgan fingerprint density at radius 1 is 1.09 bits per heavy atom. The average molecular weight is 453 g/mol. The van der Waals surface area contributed by atoms with Crippen molar-refractivity contribution >= 4 is 11.8 Å². The normalized spacial score (nSPS) is 16.9. The summed E-state index contributed by atoms with van der Waals surface area (Å²) in [5, 5.41) is 3.12. The number of nitrogens with zero attached hydrogens (tertiary/aromatic N) is 1. The van der Waals surface area contributed by atoms with Gasteiger partial charge in [0.2, 0.25) is 11.8 Å². The first-order valence-corrected chi connectivity index (χ1v) is 11.8. The van der Waals surface area contributed by atoms with Gasteiger partial charge in [-0.2, -0.15) is 0 Å². The molecule has 6 nitrogen and oxygen atoms in total. The lowest BCUT2D eigenvalue weighted by Gasteiger charge is -2.33. The Hall–Kier alpha value is -3.02. The fourth-order valence-electron chi connectivity index (χ4n) is 4.04. The summed E-state index contributed by atoms with van der Waals surface area (Å²) in [7, 11) is 1.62. The Balaban J connectivity index is 1.58. The molecule has 1 fully saturated rings. The maximum Gasteiger partial charge on any atom is 0.227 e. The summed E-state index contributed by atoms with van der Waals surface area (Å²) in [4.78, 5) is 27.6. The van der Waals surface area contributed by atoms with E-state index in [1.54, 1.807) is 7.11 Å². The molecule has 178 valence electrons. The quantitative estimate of drug-likeness (QED) is 0.613. The van der Waals surface area contributed by atoms with E-state index in [1.807, 2.05) is 60.4 Å². The Kier molecular flexibility index (Phi) is 8.75. The van der Waals surface area contributed by atoms with Crippen molar-refractivity contribution in [3.8, 4) is 11.5 Å². The van der Waals surface area contributed by atoms with Crippen LogP contribution < -0.4 is 14.8 Å². The number of methoxy groups -OCH3 is 1. The van der Waals surface area contributed by atoms with Crippen LogP contribution in [0.2, 0.25) is 0 Å². The van der Waals surface area contributed by atoms with Crippen molar-refractivity contribution in [1.82, 2.24) is 10.2 Å². The monoisotopic (exact) mass is 452 g/mol. The molecule has 1 N–H and O–H groups in total. The zero-order chi connectivity index (χ0) is 23.8. The number of ether oxygens (including phenoxy) is 2. The van der Waals surface area contributed by atoms with E-state index in [0.717, 1.165) is 24.0 Å². The van der Waals surface area contributed by atoms with Gasteiger partial charge in [0.05, 0.1) is 32.1 Å². The molecular weight excluding hydrogens is 416 g/mol. The van der Waals surface area contributed by atoms with Crippen LogP contribution in [-0.4, -0.2) is 43.5 Å². The number of hydrogen-bond donors (Lipinski definition) is 1. The lowest BCUT2D eigenvalue weighted by molar-refractivity contribution is -0.135. The van der Waals surface area contributed by atoms with Crippen molar-refractivity contribution < 1.29 is 19.1 Å². The van der Waals surface area contributed by atoms with Gasteiger partial charge in [0.1, 0.15) is 0 Å². The van der Waals surface area contributed by atoms with Crippen molar-refractivity contribution in [3.63, 3.8) is 0 Å². The second kappa shape index (κ2) is 11.7. The molecule has 6 heteroatoms. The summed E-state index contributed by atoms with van der Waals surface area (Å²) in [6.45, 7) is 7.95. The summed E-state index contributed by atoms with van der Waals surface area (Å²) in [5.41, 5.74) is 1.95. The lowest BCUT2D eigenvalue weighted by atomic mass is 9.95. The molecule has 33 heavy (non-hydrogen) atoms. The molecule has 2 atom stereocenters. The standard InChI is InChI=1S/C27H36N2O4/c1-19(2)18-33-24-13-12-22(16-25(24)32-4)20(3)28-27(31)23-11-8-14-29(17-23)26(30)15-21-9-6-5-7-10-21/h5-7,9-10,12-13,16,19-20,23H,8,11,14-15,17-18H2,1-4H3,(H,28,31). The van der Waals surface area contributed by atoms with Crippen molar-refractivity contribution in [2.24, 2.45) is 11.8 Å². The summed E-state index contributed by atoms with van der Waals surface area (Å²) in [6, 6.07) is 15.3. The van der Waals surface area contributed by atoms with Gasteiger partial charge in [-0.25, -0.2) is 0 Å². The van der Waals surface area contributed by atoms with Crippen LogP contribution in [0.15, 0.2) is 48.5 Å². The predicted octanol–water partition coefficient (Wildman–Crippen LogP) is 4.39. The van der Waals surface area contributed by atoms with E-state index in [-0.39, 0.29) is 23.8 Å². The van der Waals surface area contributed by atoms with E-state index in [1.165, 1.54) is 0 Å². The molecule has 0 aliphatic carbocycles. The van der Waals surface area contributed by atoms with Crippen LogP contribution in [0.25, 0.3) is 0 Å². The van der Waals surface area contributed by atoms with Crippen LogP contribution in [-0.2, 0) is 16.0 Å². The molecular formula is C27H36N2O4. The van der Waals surface area contributed by atoms with Gasteiger partial charge in [0, 0.05) is 13.1 Å². The third kappa shape index (κ3) is 6.98. The lowest BCUT2D eigenvalue weighted by Crippen LogP contribution is -2.46. The van der Waals surface area contributed by atoms with Gasteiger partial charge in [-0.15, -0.1) is 0 Å². The number of nitrogens with one attached hydrogen (secondary N) is 1. The Bertz CT molecular complexity index is 929. The molecule has 3 rings (SSSR count). The maximum atomic E-state index is 13.0. The Morgan fingerprint density at radius 3 is 2.55 bits per heavy atom. The first kappa shape index (κ1) is 24.6. The highest BCUT2D eigenvalue weighted by Crippen LogP contribution is 2.31. The van der Waals surface area contributed by atoms with Gasteiger partial charge in [0.25, 0.3) is 0 Å². The first-order valence-electron chi connectivity index (χ1n) is 11.8. The average Bonchev–Trinajstić information content (AvgIpc) is 2.83. The number of piperidine rings is 1. The summed E-state index contributed by atoms with van der Waals surface area (Å²) >= 11 is 0. The van der Waals surface area contributed by atoms with E-state index in [0.29, 0.717) is 43.5 Å². The molecule has 2 unspecified atom stereocenters. The van der Waals surface area contributed by atoms with Gasteiger partial charge < -0.3 is 19.7 Å². The molecule has 0 aromatic heterocycles. The molecule has 2 aromatic carbocycles. The van der Waals surface area contributed by atoms with Crippen LogP contribution in [0.1, 0.15) is 50.8 Å². The molecule has 0 radical (unpaired) electrons. The van der Waals surface area contributed by atoms with Crippen LogP contribution in [0.4, 0.5) is 0 Å². The molecule has 0 saturated carbocycles. The molecule has 1 aliphatic rings. The summed E-state index contributed by atoms with van der Waals surface area (Å²) in [5.74, 6) is 1.64. The molecule has 1 heterocycles. The summed E-state index contributed by atoms with van der Waals surface area (Å²) in [6.07, 6.45) is 2.00. The zero-order valence-electron chi connectivity index (χ0n) is 20.2. The van der Waals surface area contributed by atoms with Gasteiger partial charge in [-0.3, -0.25) is 9.59 Å². The molecule has 1 saturated heterocycles. The highest BCUT2D eigenvalue weighted by atomic mass is 16.5. The molecule has 0 bridgehead atoms. The van der Waals surface area contributed by atoms with Gasteiger partial charge in [0.15, 0.2) is 11.5 Å².